The summed E-state index contributed by atoms with van der Waals surface area (Å²) in [4.78, 5) is 51.2. The maximum atomic E-state index is 13.1. The Balaban J connectivity index is 2.78. The average Bonchev–Trinajstić information content (AvgIpc) is 3.60. The number of carboxylic acid groups (broad SMARTS) is 1. The minimum Gasteiger partial charge on any atom is -0.479 e. The van der Waals surface area contributed by atoms with Gasteiger partial charge < -0.3 is 39.0 Å². The number of esters is 3. The first-order valence-corrected chi connectivity index (χ1v) is 31.1. The number of aliphatic hydroxyl groups excluding tert-OH is 2. The summed E-state index contributed by atoms with van der Waals surface area (Å²) in [5, 5.41) is 31.5. The van der Waals surface area contributed by atoms with Gasteiger partial charge in [-0.15, -0.1) is 0 Å². The van der Waals surface area contributed by atoms with Crippen molar-refractivity contribution in [1.82, 2.24) is 0 Å². The van der Waals surface area contributed by atoms with Crippen LogP contribution in [0.5, 0.6) is 0 Å². The molecule has 3 N–H and O–H groups in total. The highest BCUT2D eigenvalue weighted by Gasteiger charge is 2.50. The smallest absolute Gasteiger partial charge is 0.335 e. The molecule has 6 unspecified atom stereocenters. The summed E-state index contributed by atoms with van der Waals surface area (Å²) >= 11 is 0. The van der Waals surface area contributed by atoms with Gasteiger partial charge in [0.05, 0.1) is 13.0 Å². The van der Waals surface area contributed by atoms with E-state index in [2.05, 4.69) is 148 Å². The first-order chi connectivity index (χ1) is 40.6. The standard InChI is InChI=1S/C71H106O12/c1-4-7-10-13-16-19-22-25-28-30-32-34-37-39-42-45-48-51-54-57-63(72)79-60-62(81-64(73)58-55-52-49-46-43-40-36-27-24-21-18-15-12-9-6-3)61-80-71-69(67(76)66(75)68(83-71)70(77)78)82-65(74)59-56-53-50-47-44-41-38-35-33-31-29-26-23-20-17-14-11-8-5-2/h8-9,11-12,16-21,25-29,32-36,41,43-44,46,50,52-53,55,62,66-69,71,75-76H,4-7,10,13-15,22-24,30-31,37-40,42,45,47-49,51,54,56-61H2,1-3H3,(H,77,78)/b11-8-,12-9-,19-16-,20-17-,21-18-,28-25-,29-26-,34-32-,35-33-,36-27-,44-41-,46-43-,53-50-,55-52-. The molecule has 0 aromatic rings. The molecule has 0 bridgehead atoms. The maximum absolute atomic E-state index is 13.1. The van der Waals surface area contributed by atoms with E-state index in [4.69, 9.17) is 23.7 Å². The van der Waals surface area contributed by atoms with Crippen LogP contribution < -0.4 is 0 Å². The van der Waals surface area contributed by atoms with Gasteiger partial charge in [-0.05, 0) is 122 Å². The van der Waals surface area contributed by atoms with Gasteiger partial charge in [0.2, 0.25) is 0 Å². The molecule has 0 aliphatic carbocycles. The van der Waals surface area contributed by atoms with Crippen molar-refractivity contribution < 1.29 is 58.2 Å². The topological polar surface area (TPSA) is 175 Å². The fraction of sp³-hybridized carbons (Fsp3) is 0.549. The lowest BCUT2D eigenvalue weighted by molar-refractivity contribution is -0.301. The summed E-state index contributed by atoms with van der Waals surface area (Å²) in [5.74, 6) is -3.45. The third-order valence-corrected chi connectivity index (χ3v) is 12.8. The molecule has 1 aliphatic rings. The Morgan fingerprint density at radius 2 is 0.819 bits per heavy atom. The molecular weight excluding hydrogens is 1040 g/mol. The molecule has 1 rings (SSSR count). The van der Waals surface area contributed by atoms with Crippen molar-refractivity contribution in [1.29, 1.82) is 0 Å². The second-order valence-electron chi connectivity index (χ2n) is 20.2. The number of unbranched alkanes of at least 4 members (excludes halogenated alkanes) is 9. The van der Waals surface area contributed by atoms with Gasteiger partial charge in [-0.1, -0.05) is 229 Å². The molecule has 0 radical (unpaired) electrons. The van der Waals surface area contributed by atoms with Crippen LogP contribution in [0.4, 0.5) is 0 Å². The number of rotatable bonds is 50. The number of ether oxygens (including phenoxy) is 5. The Bertz CT molecular complexity index is 2090. The SMILES string of the molecule is CC/C=C\C/C=C\C/C=C\C/C=C\C/C=C\C/C=C\CCC(=O)OC1C(OCC(COC(=O)CCCCCCCC/C=C\C/C=C\C/C=C\CCCCC)OC(=O)C/C=C\C/C=C\C/C=C\C/C=C\C/C=C\CC)OC(C(=O)O)C(O)C1O. The van der Waals surface area contributed by atoms with Gasteiger partial charge in [0.25, 0.3) is 0 Å². The molecule has 1 fully saturated rings. The molecule has 83 heavy (non-hydrogen) atoms. The highest BCUT2D eigenvalue weighted by Crippen LogP contribution is 2.26. The van der Waals surface area contributed by atoms with Crippen LogP contribution in [0.1, 0.15) is 201 Å². The zero-order valence-corrected chi connectivity index (χ0v) is 50.9. The summed E-state index contributed by atoms with van der Waals surface area (Å²) in [7, 11) is 0. The summed E-state index contributed by atoms with van der Waals surface area (Å²) in [6.45, 7) is 5.60. The fourth-order valence-electron chi connectivity index (χ4n) is 8.12. The van der Waals surface area contributed by atoms with Crippen LogP contribution in [-0.4, -0.2) is 89.2 Å². The second kappa shape index (κ2) is 56.6. The van der Waals surface area contributed by atoms with Crippen molar-refractivity contribution in [2.45, 2.75) is 237 Å². The first kappa shape index (κ1) is 75.1. The fourth-order valence-corrected chi connectivity index (χ4v) is 8.12. The molecule has 0 amide bonds. The van der Waals surface area contributed by atoms with E-state index in [9.17, 15) is 34.5 Å². The number of hydrogen-bond donors (Lipinski definition) is 3. The third-order valence-electron chi connectivity index (χ3n) is 12.8. The number of aliphatic carboxylic acids is 1. The van der Waals surface area contributed by atoms with Crippen LogP contribution in [0.2, 0.25) is 0 Å². The molecule has 6 atom stereocenters. The molecule has 0 aromatic heterocycles. The molecule has 0 saturated carbocycles. The Morgan fingerprint density at radius 3 is 1.27 bits per heavy atom. The Kier molecular flexibility index (Phi) is 51.2. The van der Waals surface area contributed by atoms with Gasteiger partial charge in [-0.2, -0.15) is 0 Å². The number of carboxylic acids is 1. The van der Waals surface area contributed by atoms with E-state index in [0.717, 1.165) is 109 Å². The lowest BCUT2D eigenvalue weighted by Gasteiger charge is -2.40. The van der Waals surface area contributed by atoms with Gasteiger partial charge in [0, 0.05) is 12.8 Å². The van der Waals surface area contributed by atoms with Gasteiger partial charge >= 0.3 is 23.9 Å². The zero-order chi connectivity index (χ0) is 60.3. The van der Waals surface area contributed by atoms with E-state index >= 15 is 0 Å². The van der Waals surface area contributed by atoms with Crippen molar-refractivity contribution in [3.05, 3.63) is 170 Å². The van der Waals surface area contributed by atoms with Crippen molar-refractivity contribution in [3.63, 3.8) is 0 Å². The minimum atomic E-state index is -1.95. The van der Waals surface area contributed by atoms with Crippen LogP contribution in [-0.2, 0) is 42.9 Å². The van der Waals surface area contributed by atoms with Gasteiger partial charge in [-0.3, -0.25) is 14.4 Å². The predicted molar refractivity (Wildman–Crippen MR) is 339 cm³/mol. The summed E-state index contributed by atoms with van der Waals surface area (Å²) in [5.41, 5.74) is 0. The number of hydrogen-bond acceptors (Lipinski definition) is 11. The maximum Gasteiger partial charge on any atom is 0.335 e. The van der Waals surface area contributed by atoms with Crippen LogP contribution in [0.3, 0.4) is 0 Å². The monoisotopic (exact) mass is 1150 g/mol. The van der Waals surface area contributed by atoms with Gasteiger partial charge in [0.15, 0.2) is 24.6 Å². The molecule has 1 heterocycles. The van der Waals surface area contributed by atoms with Gasteiger partial charge in [0.1, 0.15) is 18.8 Å². The first-order valence-electron chi connectivity index (χ1n) is 31.1. The highest BCUT2D eigenvalue weighted by atomic mass is 16.7. The second-order valence-corrected chi connectivity index (χ2v) is 20.2. The average molecular weight is 1150 g/mol. The van der Waals surface area contributed by atoms with Crippen molar-refractivity contribution in [2.24, 2.45) is 0 Å². The highest BCUT2D eigenvalue weighted by molar-refractivity contribution is 5.74. The third kappa shape index (κ3) is 46.2. The molecule has 0 aromatic carbocycles. The predicted octanol–water partition coefficient (Wildman–Crippen LogP) is 16.7. The van der Waals surface area contributed by atoms with Crippen LogP contribution in [0.25, 0.3) is 0 Å². The van der Waals surface area contributed by atoms with Crippen molar-refractivity contribution in [2.75, 3.05) is 13.2 Å². The van der Waals surface area contributed by atoms with E-state index in [1.165, 1.54) is 25.7 Å². The summed E-state index contributed by atoms with van der Waals surface area (Å²) < 4.78 is 28.2. The van der Waals surface area contributed by atoms with E-state index in [-0.39, 0.29) is 25.9 Å². The molecule has 1 saturated heterocycles. The lowest BCUT2D eigenvalue weighted by Crippen LogP contribution is -2.61. The van der Waals surface area contributed by atoms with E-state index in [1.54, 1.807) is 6.08 Å². The molecule has 12 heteroatoms. The van der Waals surface area contributed by atoms with E-state index in [1.807, 2.05) is 36.5 Å². The van der Waals surface area contributed by atoms with Crippen LogP contribution in [0.15, 0.2) is 170 Å². The molecule has 462 valence electrons. The molecule has 1 aliphatic heterocycles. The lowest BCUT2D eigenvalue weighted by atomic mass is 9.98. The number of carbonyl (C=O) groups is 4. The van der Waals surface area contributed by atoms with Crippen LogP contribution >= 0.6 is 0 Å². The zero-order valence-electron chi connectivity index (χ0n) is 50.9. The Morgan fingerprint density at radius 1 is 0.422 bits per heavy atom. The Labute approximate surface area is 500 Å². The van der Waals surface area contributed by atoms with E-state index < -0.39 is 67.3 Å². The molecule has 0 spiro atoms. The van der Waals surface area contributed by atoms with E-state index in [0.29, 0.717) is 25.7 Å². The minimum absolute atomic E-state index is 0.0869. The Hall–Kier alpha value is -5.92. The number of carbonyl (C=O) groups excluding carboxylic acids is 3. The largest absolute Gasteiger partial charge is 0.479 e. The molecular formula is C71H106O12. The number of allylic oxidation sites excluding steroid dienone is 27. The van der Waals surface area contributed by atoms with Gasteiger partial charge in [-0.25, -0.2) is 4.79 Å². The van der Waals surface area contributed by atoms with Crippen molar-refractivity contribution >= 4 is 23.9 Å². The number of aliphatic hydroxyl groups is 2. The summed E-state index contributed by atoms with van der Waals surface area (Å²) in [6.07, 6.45) is 72.1. The summed E-state index contributed by atoms with van der Waals surface area (Å²) in [6, 6.07) is 0. The molecule has 12 nitrogen and oxygen atoms in total. The van der Waals surface area contributed by atoms with Crippen molar-refractivity contribution in [3.8, 4) is 0 Å². The normalized spacial score (nSPS) is 18.8. The quantitative estimate of drug-likeness (QED) is 0.0228. The van der Waals surface area contributed by atoms with Crippen LogP contribution in [0, 0.1) is 0 Å².